The van der Waals surface area contributed by atoms with Crippen LogP contribution in [0.4, 0.5) is 0 Å². The summed E-state index contributed by atoms with van der Waals surface area (Å²) < 4.78 is 0. The van der Waals surface area contributed by atoms with E-state index in [9.17, 15) is 0 Å². The van der Waals surface area contributed by atoms with Gasteiger partial charge in [0.2, 0.25) is 0 Å². The number of aryl methyl sites for hydroxylation is 1. The first-order chi connectivity index (χ1) is 6.68. The first-order valence-electron chi connectivity index (χ1n) is 4.39. The highest BCUT2D eigenvalue weighted by Gasteiger charge is 2.04. The molecular weight excluding hydrogens is 174 g/mol. The van der Waals surface area contributed by atoms with E-state index in [0.29, 0.717) is 5.56 Å². The smallest absolute Gasteiger partial charge is 0.125 e. The van der Waals surface area contributed by atoms with E-state index in [1.165, 1.54) is 0 Å². The van der Waals surface area contributed by atoms with Crippen LogP contribution < -0.4 is 5.73 Å². The van der Waals surface area contributed by atoms with E-state index in [1.807, 2.05) is 37.3 Å². The Labute approximate surface area is 82.1 Å². The van der Waals surface area contributed by atoms with Crippen LogP contribution in [0, 0.1) is 12.3 Å². The number of nitrogens with zero attached hydrogens (tertiary/aromatic N) is 1. The number of hydrogen-bond acceptors (Lipinski definition) is 2. The van der Waals surface area contributed by atoms with Gasteiger partial charge in [0.05, 0.1) is 5.52 Å². The predicted octanol–water partition coefficient (Wildman–Crippen LogP) is 1.83. The summed E-state index contributed by atoms with van der Waals surface area (Å²) in [7, 11) is 0. The van der Waals surface area contributed by atoms with Gasteiger partial charge < -0.3 is 5.73 Å². The number of aromatic nitrogens is 1. The number of fused-ring (bicyclic) bond motifs is 1. The fourth-order valence-corrected chi connectivity index (χ4v) is 1.46. The number of nitrogens with one attached hydrogen (secondary N) is 1. The van der Waals surface area contributed by atoms with Crippen molar-refractivity contribution in [3.05, 3.63) is 41.6 Å². The van der Waals surface area contributed by atoms with E-state index in [0.717, 1.165) is 16.6 Å². The zero-order chi connectivity index (χ0) is 10.1. The van der Waals surface area contributed by atoms with Crippen LogP contribution in [0.5, 0.6) is 0 Å². The lowest BCUT2D eigenvalue weighted by atomic mass is 10.1. The van der Waals surface area contributed by atoms with Gasteiger partial charge in [-0.1, -0.05) is 18.2 Å². The van der Waals surface area contributed by atoms with Crippen LogP contribution in [-0.2, 0) is 0 Å². The number of pyridine rings is 1. The van der Waals surface area contributed by atoms with Crippen LogP contribution in [0.15, 0.2) is 30.3 Å². The molecule has 0 saturated carbocycles. The monoisotopic (exact) mass is 185 g/mol. The molecule has 3 heteroatoms. The Balaban J connectivity index is 2.84. The Hall–Kier alpha value is -1.90. The van der Waals surface area contributed by atoms with Gasteiger partial charge >= 0.3 is 0 Å². The molecule has 0 aliphatic heterocycles. The lowest BCUT2D eigenvalue weighted by Crippen LogP contribution is -2.12. The molecular formula is C11H11N3. The maximum absolute atomic E-state index is 7.43. The van der Waals surface area contributed by atoms with Crippen LogP contribution >= 0.6 is 0 Å². The van der Waals surface area contributed by atoms with Gasteiger partial charge in [-0.05, 0) is 19.1 Å². The first-order valence-corrected chi connectivity index (χ1v) is 4.39. The summed E-state index contributed by atoms with van der Waals surface area (Å²) in [6.07, 6.45) is 0. The number of hydrogen-bond donors (Lipinski definition) is 2. The second kappa shape index (κ2) is 3.10. The highest BCUT2D eigenvalue weighted by atomic mass is 14.7. The Kier molecular flexibility index (Phi) is 1.93. The number of rotatable bonds is 1. The van der Waals surface area contributed by atoms with Crippen molar-refractivity contribution in [2.24, 2.45) is 5.73 Å². The number of nitrogens with two attached hydrogens (primary N) is 1. The van der Waals surface area contributed by atoms with E-state index >= 15 is 0 Å². The van der Waals surface area contributed by atoms with Gasteiger partial charge in [-0.25, -0.2) is 0 Å². The number of para-hydroxylation sites is 1. The van der Waals surface area contributed by atoms with Gasteiger partial charge in [0.1, 0.15) is 5.84 Å². The summed E-state index contributed by atoms with van der Waals surface area (Å²) in [6.45, 7) is 1.93. The van der Waals surface area contributed by atoms with Crippen molar-refractivity contribution in [1.29, 1.82) is 5.41 Å². The molecule has 0 aliphatic carbocycles. The molecule has 0 radical (unpaired) electrons. The molecule has 1 aromatic heterocycles. The Morgan fingerprint density at radius 2 is 2.07 bits per heavy atom. The van der Waals surface area contributed by atoms with E-state index < -0.39 is 0 Å². The number of amidine groups is 1. The standard InChI is InChI=1S/C11H11N3/c1-7-5-6-8-3-2-4-9(11(12)13)10(8)14-7/h2-6H,1H3,(H3,12,13). The first kappa shape index (κ1) is 8.69. The largest absolute Gasteiger partial charge is 0.384 e. The van der Waals surface area contributed by atoms with Gasteiger partial charge in [-0.2, -0.15) is 0 Å². The van der Waals surface area contributed by atoms with Gasteiger partial charge in [0.25, 0.3) is 0 Å². The van der Waals surface area contributed by atoms with Gasteiger partial charge in [-0.15, -0.1) is 0 Å². The molecule has 0 bridgehead atoms. The molecule has 2 rings (SSSR count). The quantitative estimate of drug-likeness (QED) is 0.526. The molecule has 0 saturated heterocycles. The lowest BCUT2D eigenvalue weighted by molar-refractivity contribution is 1.25. The zero-order valence-electron chi connectivity index (χ0n) is 7.91. The van der Waals surface area contributed by atoms with Crippen molar-refractivity contribution < 1.29 is 0 Å². The highest BCUT2D eigenvalue weighted by molar-refractivity contribution is 6.05. The molecule has 1 heterocycles. The van der Waals surface area contributed by atoms with Crippen LogP contribution in [0.3, 0.4) is 0 Å². The lowest BCUT2D eigenvalue weighted by Gasteiger charge is -2.04. The van der Waals surface area contributed by atoms with E-state index in [-0.39, 0.29) is 5.84 Å². The Bertz CT molecular complexity index is 503. The van der Waals surface area contributed by atoms with Crippen LogP contribution in [0.25, 0.3) is 10.9 Å². The third kappa shape index (κ3) is 1.33. The molecule has 3 N–H and O–H groups in total. The summed E-state index contributed by atoms with van der Waals surface area (Å²) in [5, 5.41) is 8.44. The minimum atomic E-state index is 0.0636. The molecule has 0 unspecified atom stereocenters. The minimum Gasteiger partial charge on any atom is -0.384 e. The second-order valence-electron chi connectivity index (χ2n) is 3.24. The molecule has 0 amide bonds. The summed E-state index contributed by atoms with van der Waals surface area (Å²) in [5.74, 6) is 0.0636. The molecule has 70 valence electrons. The Morgan fingerprint density at radius 3 is 2.79 bits per heavy atom. The Morgan fingerprint density at radius 1 is 1.29 bits per heavy atom. The second-order valence-corrected chi connectivity index (χ2v) is 3.24. The molecule has 14 heavy (non-hydrogen) atoms. The highest BCUT2D eigenvalue weighted by Crippen LogP contribution is 2.16. The summed E-state index contributed by atoms with van der Waals surface area (Å²) in [6, 6.07) is 9.61. The topological polar surface area (TPSA) is 62.8 Å². The molecule has 0 atom stereocenters. The van der Waals surface area contributed by atoms with Gasteiger partial charge in [0.15, 0.2) is 0 Å². The van der Waals surface area contributed by atoms with Crippen molar-refractivity contribution in [2.45, 2.75) is 6.92 Å². The zero-order valence-corrected chi connectivity index (χ0v) is 7.91. The maximum Gasteiger partial charge on any atom is 0.125 e. The van der Waals surface area contributed by atoms with Gasteiger partial charge in [-0.3, -0.25) is 10.4 Å². The fraction of sp³-hybridized carbons (Fsp3) is 0.0909. The molecule has 0 aliphatic rings. The normalized spacial score (nSPS) is 10.4. The minimum absolute atomic E-state index is 0.0636. The number of nitrogen functional groups attached to an aromatic ring is 1. The molecule has 1 aromatic carbocycles. The van der Waals surface area contributed by atoms with Crippen LogP contribution in [0.2, 0.25) is 0 Å². The third-order valence-electron chi connectivity index (χ3n) is 2.15. The van der Waals surface area contributed by atoms with Crippen LogP contribution in [-0.4, -0.2) is 10.8 Å². The van der Waals surface area contributed by atoms with E-state index in [1.54, 1.807) is 0 Å². The van der Waals surface area contributed by atoms with E-state index in [2.05, 4.69) is 4.98 Å². The van der Waals surface area contributed by atoms with Crippen molar-refractivity contribution in [3.63, 3.8) is 0 Å². The summed E-state index contributed by atoms with van der Waals surface area (Å²) in [5.41, 5.74) is 7.92. The molecule has 0 fully saturated rings. The van der Waals surface area contributed by atoms with E-state index in [4.69, 9.17) is 11.1 Å². The third-order valence-corrected chi connectivity index (χ3v) is 2.15. The molecule has 3 nitrogen and oxygen atoms in total. The fourth-order valence-electron chi connectivity index (χ4n) is 1.46. The predicted molar refractivity (Wildman–Crippen MR) is 57.5 cm³/mol. The van der Waals surface area contributed by atoms with Crippen molar-refractivity contribution in [1.82, 2.24) is 4.98 Å². The van der Waals surface area contributed by atoms with Crippen LogP contribution in [0.1, 0.15) is 11.3 Å². The summed E-state index contributed by atoms with van der Waals surface area (Å²) in [4.78, 5) is 4.38. The van der Waals surface area contributed by atoms with Crippen molar-refractivity contribution >= 4 is 16.7 Å². The molecule has 2 aromatic rings. The van der Waals surface area contributed by atoms with Gasteiger partial charge in [0, 0.05) is 16.6 Å². The molecule has 0 spiro atoms. The maximum atomic E-state index is 7.43. The average Bonchev–Trinajstić information content (AvgIpc) is 2.16. The summed E-state index contributed by atoms with van der Waals surface area (Å²) >= 11 is 0. The SMILES string of the molecule is Cc1ccc2cccc(C(=N)N)c2n1. The number of benzene rings is 1. The van der Waals surface area contributed by atoms with Crippen molar-refractivity contribution in [2.75, 3.05) is 0 Å². The average molecular weight is 185 g/mol. The van der Waals surface area contributed by atoms with Crippen molar-refractivity contribution in [3.8, 4) is 0 Å².